The van der Waals surface area contributed by atoms with Crippen LogP contribution in [0.3, 0.4) is 0 Å². The summed E-state index contributed by atoms with van der Waals surface area (Å²) in [7, 11) is 1.51. The first-order valence-corrected chi connectivity index (χ1v) is 8.18. The Morgan fingerprint density at radius 3 is 2.85 bits per heavy atom. The number of imidazole rings is 1. The van der Waals surface area contributed by atoms with Crippen molar-refractivity contribution in [1.82, 2.24) is 18.7 Å². The monoisotopic (exact) mass is 376 g/mol. The molecule has 1 N–H and O–H groups in total. The van der Waals surface area contributed by atoms with E-state index in [0.29, 0.717) is 12.5 Å². The van der Waals surface area contributed by atoms with Crippen molar-refractivity contribution in [2.75, 3.05) is 5.43 Å². The summed E-state index contributed by atoms with van der Waals surface area (Å²) in [5.74, 6) is -0.203. The molecule has 0 fully saturated rings. The molecule has 4 rings (SSSR count). The second kappa shape index (κ2) is 5.80. The summed E-state index contributed by atoms with van der Waals surface area (Å²) in [6.07, 6.45) is 0. The first kappa shape index (κ1) is 16.5. The van der Waals surface area contributed by atoms with Gasteiger partial charge in [0.15, 0.2) is 11.2 Å². The van der Waals surface area contributed by atoms with Crippen molar-refractivity contribution in [3.63, 3.8) is 0 Å². The molecule has 0 radical (unpaired) electrons. The van der Waals surface area contributed by atoms with Crippen molar-refractivity contribution in [1.29, 1.82) is 0 Å². The van der Waals surface area contributed by atoms with Gasteiger partial charge in [-0.25, -0.2) is 14.6 Å². The Morgan fingerprint density at radius 2 is 2.12 bits per heavy atom. The minimum Gasteiger partial charge on any atom is -0.297 e. The lowest BCUT2D eigenvalue weighted by atomic mass is 10.2. The summed E-state index contributed by atoms with van der Waals surface area (Å²) in [6, 6.07) is 4.21. The van der Waals surface area contributed by atoms with Gasteiger partial charge < -0.3 is 0 Å². The summed E-state index contributed by atoms with van der Waals surface area (Å²) in [5.41, 5.74) is 2.93. The summed E-state index contributed by atoms with van der Waals surface area (Å²) in [5, 5.41) is 4.23. The van der Waals surface area contributed by atoms with Crippen LogP contribution in [0.5, 0.6) is 0 Å². The summed E-state index contributed by atoms with van der Waals surface area (Å²) < 4.78 is 18.0. The molecule has 2 aromatic heterocycles. The molecule has 3 aromatic rings. The lowest BCUT2D eigenvalue weighted by molar-refractivity contribution is 0.582. The number of hydrogen-bond acceptors (Lipinski definition) is 5. The average molecular weight is 377 g/mol. The molecule has 1 aliphatic rings. The number of aryl methyl sites for hydroxylation is 1. The molecule has 0 unspecified atom stereocenters. The third-order valence-electron chi connectivity index (χ3n) is 4.34. The van der Waals surface area contributed by atoms with Crippen LogP contribution in [-0.4, -0.2) is 24.4 Å². The number of aromatic nitrogens is 4. The van der Waals surface area contributed by atoms with Crippen LogP contribution < -0.4 is 16.7 Å². The Hall–Kier alpha value is -2.94. The molecule has 3 heterocycles. The van der Waals surface area contributed by atoms with Gasteiger partial charge in [-0.15, -0.1) is 0 Å². The maximum Gasteiger partial charge on any atom is 0.332 e. The molecule has 8 nitrogen and oxygen atoms in total. The summed E-state index contributed by atoms with van der Waals surface area (Å²) in [4.78, 5) is 30.0. The van der Waals surface area contributed by atoms with Crippen molar-refractivity contribution < 1.29 is 4.39 Å². The number of nitrogens with one attached hydrogen (secondary N) is 1. The molecule has 0 bridgehead atoms. The van der Waals surface area contributed by atoms with E-state index >= 15 is 0 Å². The molecular formula is C16H14ClFN6O2. The second-order valence-electron chi connectivity index (χ2n) is 6.09. The third kappa shape index (κ3) is 2.35. The number of rotatable bonds is 2. The van der Waals surface area contributed by atoms with E-state index in [1.165, 1.54) is 29.8 Å². The molecule has 0 saturated carbocycles. The Kier molecular flexibility index (Phi) is 3.69. The maximum atomic E-state index is 14.1. The standard InChI is InChI=1S/C16H14ClFN6O2/c1-8-6-23-12-13(19-15(23)21-20-8)22(2)16(26)24(14(12)25)7-9-10(17)4-3-5-11(9)18/h3-5H,6-7H2,1-2H3,(H,19,21). The van der Waals surface area contributed by atoms with E-state index in [4.69, 9.17) is 11.6 Å². The van der Waals surface area contributed by atoms with Crippen LogP contribution in [0.15, 0.2) is 32.9 Å². The minimum atomic E-state index is -0.602. The summed E-state index contributed by atoms with van der Waals surface area (Å²) >= 11 is 6.05. The topological polar surface area (TPSA) is 86.2 Å². The zero-order valence-electron chi connectivity index (χ0n) is 14.0. The maximum absolute atomic E-state index is 14.1. The zero-order chi connectivity index (χ0) is 18.6. The number of fused-ring (bicyclic) bond motifs is 3. The van der Waals surface area contributed by atoms with E-state index in [1.54, 1.807) is 11.5 Å². The Balaban J connectivity index is 1.99. The minimum absolute atomic E-state index is 0.0852. The second-order valence-corrected chi connectivity index (χ2v) is 6.49. The van der Waals surface area contributed by atoms with Crippen LogP contribution in [0.2, 0.25) is 5.02 Å². The Labute approximate surface area is 151 Å². The van der Waals surface area contributed by atoms with Gasteiger partial charge in [-0.2, -0.15) is 10.1 Å². The van der Waals surface area contributed by atoms with Crippen LogP contribution >= 0.6 is 11.6 Å². The molecule has 0 spiro atoms. The van der Waals surface area contributed by atoms with Crippen molar-refractivity contribution in [2.24, 2.45) is 12.1 Å². The third-order valence-corrected chi connectivity index (χ3v) is 4.70. The molecule has 0 aliphatic carbocycles. The molecule has 26 heavy (non-hydrogen) atoms. The highest BCUT2D eigenvalue weighted by Gasteiger charge is 2.23. The van der Waals surface area contributed by atoms with Gasteiger partial charge in [0, 0.05) is 17.6 Å². The number of hydrazone groups is 1. The molecule has 1 aromatic carbocycles. The van der Waals surface area contributed by atoms with Gasteiger partial charge in [0.2, 0.25) is 5.95 Å². The number of nitrogens with zero attached hydrogens (tertiary/aromatic N) is 5. The average Bonchev–Trinajstić information content (AvgIpc) is 2.98. The lowest BCUT2D eigenvalue weighted by Crippen LogP contribution is -2.40. The van der Waals surface area contributed by atoms with Gasteiger partial charge in [-0.3, -0.25) is 18.5 Å². The van der Waals surface area contributed by atoms with E-state index in [2.05, 4.69) is 15.5 Å². The number of halogens is 2. The highest BCUT2D eigenvalue weighted by Crippen LogP contribution is 2.21. The fourth-order valence-corrected chi connectivity index (χ4v) is 3.22. The smallest absolute Gasteiger partial charge is 0.297 e. The Bertz CT molecular complexity index is 1190. The van der Waals surface area contributed by atoms with E-state index in [1.807, 2.05) is 0 Å². The SMILES string of the molecule is CC1=NNc2nc3c(c(=O)n(Cc4c(F)cccc4Cl)c(=O)n3C)n2C1. The first-order valence-electron chi connectivity index (χ1n) is 7.80. The van der Waals surface area contributed by atoms with E-state index in [9.17, 15) is 14.0 Å². The van der Waals surface area contributed by atoms with Crippen molar-refractivity contribution in [2.45, 2.75) is 20.0 Å². The first-order chi connectivity index (χ1) is 12.4. The van der Waals surface area contributed by atoms with Crippen molar-refractivity contribution >= 4 is 34.4 Å². The lowest BCUT2D eigenvalue weighted by Gasteiger charge is -2.14. The normalized spacial score (nSPS) is 13.5. The van der Waals surface area contributed by atoms with Crippen LogP contribution in [0.1, 0.15) is 12.5 Å². The molecule has 134 valence electrons. The predicted molar refractivity (Wildman–Crippen MR) is 96.5 cm³/mol. The number of benzene rings is 1. The van der Waals surface area contributed by atoms with E-state index in [0.717, 1.165) is 10.3 Å². The van der Waals surface area contributed by atoms with Crippen LogP contribution in [0.4, 0.5) is 10.3 Å². The molecule has 10 heteroatoms. The molecule has 0 atom stereocenters. The van der Waals surface area contributed by atoms with Gasteiger partial charge in [0.05, 0.1) is 18.8 Å². The molecular weight excluding hydrogens is 363 g/mol. The zero-order valence-corrected chi connectivity index (χ0v) is 14.7. The van der Waals surface area contributed by atoms with Crippen LogP contribution in [-0.2, 0) is 20.1 Å². The van der Waals surface area contributed by atoms with E-state index in [-0.39, 0.29) is 28.3 Å². The van der Waals surface area contributed by atoms with Gasteiger partial charge in [-0.05, 0) is 19.1 Å². The highest BCUT2D eigenvalue weighted by atomic mass is 35.5. The van der Waals surface area contributed by atoms with E-state index < -0.39 is 17.1 Å². The van der Waals surface area contributed by atoms with Gasteiger partial charge in [0.1, 0.15) is 5.82 Å². The largest absolute Gasteiger partial charge is 0.332 e. The fraction of sp³-hybridized carbons (Fsp3) is 0.250. The van der Waals surface area contributed by atoms with Gasteiger partial charge in [-0.1, -0.05) is 17.7 Å². The summed E-state index contributed by atoms with van der Waals surface area (Å²) in [6.45, 7) is 1.90. The molecule has 0 saturated heterocycles. The van der Waals surface area contributed by atoms with Gasteiger partial charge in [0.25, 0.3) is 5.56 Å². The van der Waals surface area contributed by atoms with Crippen molar-refractivity contribution in [3.8, 4) is 0 Å². The molecule has 1 aliphatic heterocycles. The number of hydrogen-bond donors (Lipinski definition) is 1. The molecule has 0 amide bonds. The quantitative estimate of drug-likeness (QED) is 0.735. The van der Waals surface area contributed by atoms with Crippen molar-refractivity contribution in [3.05, 3.63) is 55.4 Å². The van der Waals surface area contributed by atoms with Gasteiger partial charge >= 0.3 is 5.69 Å². The Morgan fingerprint density at radius 1 is 1.35 bits per heavy atom. The van der Waals surface area contributed by atoms with Crippen LogP contribution in [0.25, 0.3) is 11.2 Å². The predicted octanol–water partition coefficient (Wildman–Crippen LogP) is 1.54. The number of anilines is 1. The van der Waals surface area contributed by atoms with Crippen LogP contribution in [0, 0.1) is 5.82 Å². The fourth-order valence-electron chi connectivity index (χ4n) is 3.00. The highest BCUT2D eigenvalue weighted by molar-refractivity contribution is 6.31.